The van der Waals surface area contributed by atoms with Crippen molar-refractivity contribution in [3.8, 4) is 0 Å². The SMILES string of the molecule is C[C@@H]1C=CC[C@@H]2C[C@@H]3OC(C)(C)O[C@@]3(C)/C=C\[C@H](O)/C(CO[Si](C)(C)C(C)(C)C)=C\[C@@H]21. The largest absolute Gasteiger partial charge is 0.413 e. The van der Waals surface area contributed by atoms with E-state index in [2.05, 4.69) is 65.9 Å². The molecule has 0 aromatic carbocycles. The van der Waals surface area contributed by atoms with Gasteiger partial charge in [0.15, 0.2) is 14.1 Å². The highest BCUT2D eigenvalue weighted by Gasteiger charge is 2.50. The number of allylic oxidation sites excluding steroid dienone is 3. The van der Waals surface area contributed by atoms with E-state index in [1.807, 2.05) is 26.0 Å². The highest BCUT2D eigenvalue weighted by Crippen LogP contribution is 2.45. The fourth-order valence-corrected chi connectivity index (χ4v) is 5.83. The zero-order valence-electron chi connectivity index (χ0n) is 21.1. The van der Waals surface area contributed by atoms with E-state index in [1.54, 1.807) is 0 Å². The molecule has 1 fully saturated rings. The van der Waals surface area contributed by atoms with Crippen LogP contribution in [0, 0.1) is 17.8 Å². The highest BCUT2D eigenvalue weighted by atomic mass is 28.4. The van der Waals surface area contributed by atoms with Gasteiger partial charge in [0.2, 0.25) is 0 Å². The smallest absolute Gasteiger partial charge is 0.192 e. The van der Waals surface area contributed by atoms with Gasteiger partial charge in [0, 0.05) is 0 Å². The van der Waals surface area contributed by atoms with Crippen molar-refractivity contribution in [1.29, 1.82) is 0 Å². The number of rotatable bonds is 3. The Hall–Kier alpha value is -0.723. The molecule has 0 radical (unpaired) electrons. The van der Waals surface area contributed by atoms with Gasteiger partial charge in [-0.05, 0) is 75.1 Å². The number of hydrogen-bond acceptors (Lipinski definition) is 4. The van der Waals surface area contributed by atoms with Crippen LogP contribution in [0.15, 0.2) is 36.0 Å². The maximum absolute atomic E-state index is 11.2. The maximum atomic E-state index is 11.2. The first-order valence-corrected chi connectivity index (χ1v) is 14.8. The minimum Gasteiger partial charge on any atom is -0.413 e. The molecular formula is C26H44O4Si. The summed E-state index contributed by atoms with van der Waals surface area (Å²) in [4.78, 5) is 0. The van der Waals surface area contributed by atoms with Crippen molar-refractivity contribution in [2.24, 2.45) is 17.8 Å². The van der Waals surface area contributed by atoms with Crippen molar-refractivity contribution in [2.75, 3.05) is 6.61 Å². The molecule has 3 aliphatic rings. The topological polar surface area (TPSA) is 47.9 Å². The second kappa shape index (κ2) is 8.57. The lowest BCUT2D eigenvalue weighted by Crippen LogP contribution is -2.42. The van der Waals surface area contributed by atoms with Crippen LogP contribution in [0.25, 0.3) is 0 Å². The summed E-state index contributed by atoms with van der Waals surface area (Å²) in [5.41, 5.74) is 0.417. The molecule has 176 valence electrons. The van der Waals surface area contributed by atoms with Gasteiger partial charge in [-0.1, -0.05) is 58.1 Å². The lowest BCUT2D eigenvalue weighted by molar-refractivity contribution is -0.154. The van der Waals surface area contributed by atoms with Gasteiger partial charge in [-0.3, -0.25) is 0 Å². The van der Waals surface area contributed by atoms with Crippen LogP contribution >= 0.6 is 0 Å². The van der Waals surface area contributed by atoms with Crippen LogP contribution in [0.4, 0.5) is 0 Å². The Bertz CT molecular complexity index is 745. The lowest BCUT2D eigenvalue weighted by atomic mass is 9.71. The number of aliphatic hydroxyl groups is 1. The van der Waals surface area contributed by atoms with Crippen LogP contribution in [0.2, 0.25) is 18.1 Å². The predicted octanol–water partition coefficient (Wildman–Crippen LogP) is 5.99. The molecule has 0 spiro atoms. The fourth-order valence-electron chi connectivity index (χ4n) is 4.87. The van der Waals surface area contributed by atoms with Crippen LogP contribution in [-0.4, -0.2) is 43.6 Å². The van der Waals surface area contributed by atoms with Gasteiger partial charge in [0.1, 0.15) is 5.60 Å². The van der Waals surface area contributed by atoms with Gasteiger partial charge in [-0.15, -0.1) is 0 Å². The molecule has 31 heavy (non-hydrogen) atoms. The van der Waals surface area contributed by atoms with E-state index >= 15 is 0 Å². The summed E-state index contributed by atoms with van der Waals surface area (Å²) in [5, 5.41) is 11.3. The first-order chi connectivity index (χ1) is 14.1. The van der Waals surface area contributed by atoms with Gasteiger partial charge in [-0.25, -0.2) is 0 Å². The Balaban J connectivity index is 1.95. The number of ether oxygens (including phenoxy) is 2. The van der Waals surface area contributed by atoms with Crippen LogP contribution in [0.1, 0.15) is 61.3 Å². The molecule has 4 nitrogen and oxygen atoms in total. The first-order valence-electron chi connectivity index (χ1n) is 11.9. The molecule has 2 aliphatic carbocycles. The summed E-state index contributed by atoms with van der Waals surface area (Å²) in [6, 6.07) is 0. The predicted molar refractivity (Wildman–Crippen MR) is 129 cm³/mol. The molecule has 1 N–H and O–H groups in total. The van der Waals surface area contributed by atoms with Crippen LogP contribution < -0.4 is 0 Å². The summed E-state index contributed by atoms with van der Waals surface area (Å²) >= 11 is 0. The molecule has 3 rings (SSSR count). The van der Waals surface area contributed by atoms with Crippen molar-refractivity contribution >= 4 is 8.32 Å². The highest BCUT2D eigenvalue weighted by molar-refractivity contribution is 6.74. The second-order valence-corrected chi connectivity index (χ2v) is 16.8. The molecular weight excluding hydrogens is 404 g/mol. The van der Waals surface area contributed by atoms with Crippen LogP contribution in [-0.2, 0) is 13.9 Å². The van der Waals surface area contributed by atoms with Crippen molar-refractivity contribution in [1.82, 2.24) is 0 Å². The Morgan fingerprint density at radius 1 is 1.19 bits per heavy atom. The van der Waals surface area contributed by atoms with E-state index in [0.717, 1.165) is 18.4 Å². The van der Waals surface area contributed by atoms with E-state index in [1.165, 1.54) is 0 Å². The first kappa shape index (κ1) is 24.9. The standard InChI is InChI=1S/C26H44O4Si/c1-18-11-10-12-19-16-23-26(7,30-25(5,6)29-23)14-13-22(27)20(15-21(18)19)17-28-31(8,9)24(2,3)4/h10-11,13-15,18-19,21-23,27H,12,16-17H2,1-9H3/b14-13-,20-15-/t18-,19-,21-,22+,23+,26+/m1/s1. The van der Waals surface area contributed by atoms with Crippen molar-refractivity contribution in [3.63, 3.8) is 0 Å². The minimum absolute atomic E-state index is 0.0319. The van der Waals surface area contributed by atoms with Gasteiger partial charge in [-0.2, -0.15) is 0 Å². The molecule has 0 saturated carbocycles. The third kappa shape index (κ3) is 5.44. The number of fused-ring (bicyclic) bond motifs is 2. The van der Waals surface area contributed by atoms with Crippen molar-refractivity contribution < 1.29 is 19.0 Å². The lowest BCUT2D eigenvalue weighted by Gasteiger charge is -2.38. The Kier molecular flexibility index (Phi) is 6.88. The monoisotopic (exact) mass is 448 g/mol. The number of hydrogen-bond donors (Lipinski definition) is 1. The third-order valence-electron chi connectivity index (χ3n) is 7.88. The maximum Gasteiger partial charge on any atom is 0.192 e. The molecule has 1 saturated heterocycles. The van der Waals surface area contributed by atoms with Gasteiger partial charge >= 0.3 is 0 Å². The second-order valence-electron chi connectivity index (χ2n) is 12.0. The molecule has 0 bridgehead atoms. The Labute approximate surface area is 190 Å². The molecule has 0 unspecified atom stereocenters. The van der Waals surface area contributed by atoms with E-state index in [-0.39, 0.29) is 11.1 Å². The Morgan fingerprint density at radius 2 is 1.87 bits per heavy atom. The summed E-state index contributed by atoms with van der Waals surface area (Å²) in [5.74, 6) is 0.582. The fraction of sp³-hybridized carbons (Fsp3) is 0.769. The molecule has 1 aliphatic heterocycles. The van der Waals surface area contributed by atoms with E-state index < -0.39 is 25.8 Å². The van der Waals surface area contributed by atoms with E-state index in [4.69, 9.17) is 13.9 Å². The average molecular weight is 449 g/mol. The zero-order chi connectivity index (χ0) is 23.2. The molecule has 0 amide bonds. The molecule has 6 atom stereocenters. The average Bonchev–Trinajstić information content (AvgIpc) is 2.85. The van der Waals surface area contributed by atoms with Crippen LogP contribution in [0.3, 0.4) is 0 Å². The molecule has 0 aromatic rings. The molecule has 1 heterocycles. The van der Waals surface area contributed by atoms with Crippen molar-refractivity contribution in [3.05, 3.63) is 36.0 Å². The van der Waals surface area contributed by atoms with E-state index in [0.29, 0.717) is 24.4 Å². The zero-order valence-corrected chi connectivity index (χ0v) is 22.1. The normalized spacial score (nSPS) is 41.1. The summed E-state index contributed by atoms with van der Waals surface area (Å²) < 4.78 is 19.2. The van der Waals surface area contributed by atoms with Gasteiger partial charge < -0.3 is 19.0 Å². The summed E-state index contributed by atoms with van der Waals surface area (Å²) in [6.45, 7) is 20.1. The van der Waals surface area contributed by atoms with Crippen molar-refractivity contribution in [2.45, 2.75) is 103 Å². The van der Waals surface area contributed by atoms with Gasteiger partial charge in [0.25, 0.3) is 0 Å². The Morgan fingerprint density at radius 3 is 2.52 bits per heavy atom. The number of aliphatic hydroxyl groups excluding tert-OH is 1. The third-order valence-corrected chi connectivity index (χ3v) is 12.4. The molecule has 5 heteroatoms. The van der Waals surface area contributed by atoms with Gasteiger partial charge in [0.05, 0.1) is 18.8 Å². The quantitative estimate of drug-likeness (QED) is 0.425. The van der Waals surface area contributed by atoms with E-state index in [9.17, 15) is 5.11 Å². The summed E-state index contributed by atoms with van der Waals surface area (Å²) in [7, 11) is -1.92. The molecule has 0 aromatic heterocycles. The minimum atomic E-state index is -1.92. The summed E-state index contributed by atoms with van der Waals surface area (Å²) in [6.07, 6.45) is 12.1. The van der Waals surface area contributed by atoms with Crippen LogP contribution in [0.5, 0.6) is 0 Å².